The van der Waals surface area contributed by atoms with Gasteiger partial charge in [0.2, 0.25) is 5.91 Å². The Morgan fingerprint density at radius 1 is 1.32 bits per heavy atom. The van der Waals surface area contributed by atoms with Crippen LogP contribution >= 0.6 is 22.7 Å². The Morgan fingerprint density at radius 3 is 2.84 bits per heavy atom. The van der Waals surface area contributed by atoms with Gasteiger partial charge in [0.05, 0.1) is 11.4 Å². The molecular weight excluding hydrogens is 278 g/mol. The van der Waals surface area contributed by atoms with E-state index in [4.69, 9.17) is 0 Å². The monoisotopic (exact) mass is 291 g/mol. The van der Waals surface area contributed by atoms with Gasteiger partial charge in [0.1, 0.15) is 0 Å². The molecule has 0 atom stereocenters. The van der Waals surface area contributed by atoms with Crippen molar-refractivity contribution >= 4 is 40.4 Å². The second-order valence-corrected chi connectivity index (χ2v) is 5.88. The molecule has 2 rings (SSSR count). The van der Waals surface area contributed by atoms with Gasteiger partial charge in [-0.2, -0.15) is 11.3 Å². The van der Waals surface area contributed by atoms with E-state index in [9.17, 15) is 9.59 Å². The standard InChI is InChI=1S/C14H13NO2S2/c1-10(16)15-8-12-3-5-14(19-12)13(17)4-2-11-6-7-18-9-11/h2-7,9H,8H2,1H3,(H,15,16). The number of allylic oxidation sites excluding steroid dienone is 1. The van der Waals surface area contributed by atoms with Gasteiger partial charge < -0.3 is 5.32 Å². The summed E-state index contributed by atoms with van der Waals surface area (Å²) in [5, 5.41) is 6.67. The summed E-state index contributed by atoms with van der Waals surface area (Å²) in [7, 11) is 0. The zero-order valence-corrected chi connectivity index (χ0v) is 12.0. The number of hydrogen-bond acceptors (Lipinski definition) is 4. The molecule has 1 amide bonds. The van der Waals surface area contributed by atoms with Crippen LogP contribution in [0, 0.1) is 0 Å². The van der Waals surface area contributed by atoms with E-state index in [1.54, 1.807) is 23.5 Å². The third kappa shape index (κ3) is 4.15. The highest BCUT2D eigenvalue weighted by molar-refractivity contribution is 7.14. The molecule has 0 fully saturated rings. The Balaban J connectivity index is 1.98. The van der Waals surface area contributed by atoms with Crippen LogP contribution in [0.3, 0.4) is 0 Å². The molecule has 0 bridgehead atoms. The van der Waals surface area contributed by atoms with E-state index >= 15 is 0 Å². The van der Waals surface area contributed by atoms with Gasteiger partial charge in [-0.05, 0) is 40.6 Å². The summed E-state index contributed by atoms with van der Waals surface area (Å²) in [5.41, 5.74) is 1.04. The molecule has 3 nitrogen and oxygen atoms in total. The molecule has 2 aromatic rings. The first-order chi connectivity index (χ1) is 9.15. The molecular formula is C14H13NO2S2. The Morgan fingerprint density at radius 2 is 2.16 bits per heavy atom. The van der Waals surface area contributed by atoms with Gasteiger partial charge in [-0.1, -0.05) is 6.08 Å². The summed E-state index contributed by atoms with van der Waals surface area (Å²) in [6.07, 6.45) is 3.39. The number of nitrogens with one attached hydrogen (secondary N) is 1. The quantitative estimate of drug-likeness (QED) is 0.678. The normalized spacial score (nSPS) is 10.8. The molecule has 0 unspecified atom stereocenters. The molecule has 0 saturated heterocycles. The molecule has 0 aliphatic heterocycles. The molecule has 5 heteroatoms. The minimum Gasteiger partial charge on any atom is -0.351 e. The highest BCUT2D eigenvalue weighted by Crippen LogP contribution is 2.18. The van der Waals surface area contributed by atoms with Gasteiger partial charge in [-0.25, -0.2) is 0 Å². The van der Waals surface area contributed by atoms with E-state index in [1.807, 2.05) is 29.0 Å². The van der Waals surface area contributed by atoms with Gasteiger partial charge >= 0.3 is 0 Å². The van der Waals surface area contributed by atoms with Gasteiger partial charge in [-0.15, -0.1) is 11.3 Å². The molecule has 0 aromatic carbocycles. The third-order valence-corrected chi connectivity index (χ3v) is 4.19. The van der Waals surface area contributed by atoms with Crippen molar-refractivity contribution < 1.29 is 9.59 Å². The van der Waals surface area contributed by atoms with Crippen molar-refractivity contribution in [3.63, 3.8) is 0 Å². The van der Waals surface area contributed by atoms with Gasteiger partial charge in [0, 0.05) is 11.8 Å². The maximum atomic E-state index is 11.9. The highest BCUT2D eigenvalue weighted by Gasteiger charge is 2.06. The second-order valence-electron chi connectivity index (χ2n) is 3.93. The summed E-state index contributed by atoms with van der Waals surface area (Å²) in [6, 6.07) is 5.62. The average molecular weight is 291 g/mol. The minimum atomic E-state index is -0.0707. The first kappa shape index (κ1) is 13.7. The van der Waals surface area contributed by atoms with Gasteiger partial charge in [0.15, 0.2) is 5.78 Å². The number of rotatable bonds is 5. The van der Waals surface area contributed by atoms with E-state index in [2.05, 4.69) is 5.32 Å². The van der Waals surface area contributed by atoms with Crippen LogP contribution in [-0.4, -0.2) is 11.7 Å². The van der Waals surface area contributed by atoms with Crippen molar-refractivity contribution in [3.8, 4) is 0 Å². The molecule has 2 aromatic heterocycles. The van der Waals surface area contributed by atoms with Crippen LogP contribution in [0.4, 0.5) is 0 Å². The van der Waals surface area contributed by atoms with Crippen LogP contribution in [-0.2, 0) is 11.3 Å². The molecule has 1 N–H and O–H groups in total. The highest BCUT2D eigenvalue weighted by atomic mass is 32.1. The minimum absolute atomic E-state index is 0.00900. The topological polar surface area (TPSA) is 46.2 Å². The fourth-order valence-corrected chi connectivity index (χ4v) is 2.94. The van der Waals surface area contributed by atoms with Crippen LogP contribution in [0.2, 0.25) is 0 Å². The van der Waals surface area contributed by atoms with Crippen molar-refractivity contribution in [2.45, 2.75) is 13.5 Å². The maximum Gasteiger partial charge on any atom is 0.217 e. The first-order valence-electron chi connectivity index (χ1n) is 5.73. The zero-order valence-electron chi connectivity index (χ0n) is 10.4. The zero-order chi connectivity index (χ0) is 13.7. The SMILES string of the molecule is CC(=O)NCc1ccc(C(=O)C=Cc2ccsc2)s1. The van der Waals surface area contributed by atoms with Crippen LogP contribution in [0.5, 0.6) is 0 Å². The number of hydrogen-bond donors (Lipinski definition) is 1. The average Bonchev–Trinajstić information content (AvgIpc) is 3.04. The van der Waals surface area contributed by atoms with Crippen LogP contribution in [0.15, 0.2) is 35.0 Å². The van der Waals surface area contributed by atoms with Crippen molar-refractivity contribution in [1.29, 1.82) is 0 Å². The lowest BCUT2D eigenvalue weighted by Gasteiger charge is -1.96. The fourth-order valence-electron chi connectivity index (χ4n) is 1.44. The molecule has 0 radical (unpaired) electrons. The summed E-state index contributed by atoms with van der Waals surface area (Å²) >= 11 is 3.01. The molecule has 2 heterocycles. The van der Waals surface area contributed by atoms with Crippen LogP contribution in [0.25, 0.3) is 6.08 Å². The van der Waals surface area contributed by atoms with E-state index < -0.39 is 0 Å². The summed E-state index contributed by atoms with van der Waals surface area (Å²) in [5.74, 6) is -0.0797. The van der Waals surface area contributed by atoms with Gasteiger partial charge in [-0.3, -0.25) is 9.59 Å². The third-order valence-electron chi connectivity index (χ3n) is 2.39. The first-order valence-corrected chi connectivity index (χ1v) is 7.49. The Kier molecular flexibility index (Phi) is 4.65. The largest absolute Gasteiger partial charge is 0.351 e. The Bertz CT molecular complexity index is 597. The number of ketones is 1. The molecule has 0 saturated carbocycles. The van der Waals surface area contributed by atoms with Crippen molar-refractivity contribution in [2.75, 3.05) is 0 Å². The number of amides is 1. The predicted molar refractivity (Wildman–Crippen MR) is 79.5 cm³/mol. The lowest BCUT2D eigenvalue weighted by atomic mass is 10.2. The summed E-state index contributed by atoms with van der Waals surface area (Å²) in [6.45, 7) is 1.95. The molecule has 0 spiro atoms. The van der Waals surface area contributed by atoms with Crippen molar-refractivity contribution in [1.82, 2.24) is 5.32 Å². The van der Waals surface area contributed by atoms with Crippen LogP contribution in [0.1, 0.15) is 27.0 Å². The molecule has 0 aliphatic rings. The van der Waals surface area contributed by atoms with E-state index in [-0.39, 0.29) is 11.7 Å². The van der Waals surface area contributed by atoms with Crippen LogP contribution < -0.4 is 5.32 Å². The lowest BCUT2D eigenvalue weighted by Crippen LogP contribution is -2.18. The van der Waals surface area contributed by atoms with E-state index in [0.717, 1.165) is 10.4 Å². The number of carbonyl (C=O) groups is 2. The van der Waals surface area contributed by atoms with E-state index in [0.29, 0.717) is 11.4 Å². The smallest absolute Gasteiger partial charge is 0.217 e. The Labute approximate surface area is 119 Å². The van der Waals surface area contributed by atoms with Crippen molar-refractivity contribution in [2.24, 2.45) is 0 Å². The lowest BCUT2D eigenvalue weighted by molar-refractivity contribution is -0.119. The Hall–Kier alpha value is -1.72. The second kappa shape index (κ2) is 6.45. The van der Waals surface area contributed by atoms with E-state index in [1.165, 1.54) is 18.3 Å². The molecule has 98 valence electrons. The fraction of sp³-hybridized carbons (Fsp3) is 0.143. The van der Waals surface area contributed by atoms with Crippen molar-refractivity contribution in [3.05, 3.63) is 50.4 Å². The number of carbonyl (C=O) groups excluding carboxylic acids is 2. The van der Waals surface area contributed by atoms with Gasteiger partial charge in [0.25, 0.3) is 0 Å². The summed E-state index contributed by atoms with van der Waals surface area (Å²) < 4.78 is 0. The summed E-state index contributed by atoms with van der Waals surface area (Å²) in [4.78, 5) is 24.4. The molecule has 0 aliphatic carbocycles. The maximum absolute atomic E-state index is 11.9. The predicted octanol–water partition coefficient (Wildman–Crippen LogP) is 3.34. The molecule has 19 heavy (non-hydrogen) atoms. The number of thiophene rings is 2.